The Balaban J connectivity index is 2.13. The molecule has 114 valence electrons. The van der Waals surface area contributed by atoms with Crippen LogP contribution in [0, 0.1) is 16.2 Å². The van der Waals surface area contributed by atoms with Crippen molar-refractivity contribution in [2.75, 3.05) is 0 Å². The minimum atomic E-state index is -0.523. The molecule has 0 fully saturated rings. The summed E-state index contributed by atoms with van der Waals surface area (Å²) in [6.07, 6.45) is 1.33. The molecule has 23 heavy (non-hydrogen) atoms. The van der Waals surface area contributed by atoms with E-state index in [1.807, 2.05) is 36.4 Å². The second-order valence-corrected chi connectivity index (χ2v) is 4.68. The fraction of sp³-hybridized carbons (Fsp3) is 0.0588. The molecule has 0 aliphatic heterocycles. The average Bonchev–Trinajstić information content (AvgIpc) is 2.59. The zero-order valence-corrected chi connectivity index (χ0v) is 12.1. The van der Waals surface area contributed by atoms with E-state index >= 15 is 0 Å². The molecule has 0 aliphatic rings. The average molecular weight is 307 g/mol. The molecule has 2 N–H and O–H groups in total. The van der Waals surface area contributed by atoms with Crippen molar-refractivity contribution in [2.45, 2.75) is 6.54 Å². The molecular weight excluding hydrogens is 294 g/mol. The van der Waals surface area contributed by atoms with Crippen LogP contribution < -0.4 is 5.32 Å². The van der Waals surface area contributed by atoms with E-state index in [1.165, 1.54) is 24.3 Å². The molecule has 0 radical (unpaired) electrons. The van der Waals surface area contributed by atoms with E-state index in [1.54, 1.807) is 0 Å². The maximum Gasteiger partial charge on any atom is 0.262 e. The number of carbonyl (C=O) groups excluding carboxylic acids is 1. The first-order valence-corrected chi connectivity index (χ1v) is 6.74. The number of rotatable bonds is 5. The number of carbonyl (C=O) groups is 1. The Kier molecular flexibility index (Phi) is 5.21. The van der Waals surface area contributed by atoms with Crippen LogP contribution in [0.4, 0.5) is 5.69 Å². The maximum atomic E-state index is 12.0. The van der Waals surface area contributed by atoms with E-state index in [2.05, 4.69) is 10.5 Å². The highest BCUT2D eigenvalue weighted by molar-refractivity contribution is 6.01. The van der Waals surface area contributed by atoms with Crippen LogP contribution in [0.3, 0.4) is 0 Å². The van der Waals surface area contributed by atoms with Gasteiger partial charge in [-0.25, -0.2) is 0 Å². The number of nitrogens with one attached hydrogen (secondary N) is 1. The Morgan fingerprint density at radius 2 is 2.00 bits per heavy atom. The van der Waals surface area contributed by atoms with Gasteiger partial charge in [0.2, 0.25) is 0 Å². The van der Waals surface area contributed by atoms with Crippen LogP contribution in [0.25, 0.3) is 6.08 Å². The van der Waals surface area contributed by atoms with Gasteiger partial charge >= 0.3 is 0 Å². The standard InChI is InChI=1S/C17H13N3O3/c18-10-14(8-13-6-7-16(21)15(9-13)20-23)17(22)19-11-12-4-2-1-3-5-12/h1-9,21H,11H2,(H,19,22). The van der Waals surface area contributed by atoms with Gasteiger partial charge in [-0.15, -0.1) is 4.91 Å². The van der Waals surface area contributed by atoms with Crippen molar-refractivity contribution in [1.29, 1.82) is 5.26 Å². The Morgan fingerprint density at radius 3 is 2.65 bits per heavy atom. The molecule has 2 aromatic rings. The van der Waals surface area contributed by atoms with Crippen molar-refractivity contribution in [3.8, 4) is 11.8 Å². The predicted molar refractivity (Wildman–Crippen MR) is 85.4 cm³/mol. The van der Waals surface area contributed by atoms with Gasteiger partial charge in [-0.2, -0.15) is 5.26 Å². The summed E-state index contributed by atoms with van der Waals surface area (Å²) >= 11 is 0. The number of phenolic OH excluding ortho intramolecular Hbond substituents is 1. The molecule has 0 saturated heterocycles. The minimum Gasteiger partial charge on any atom is -0.506 e. The van der Waals surface area contributed by atoms with Gasteiger partial charge in [0, 0.05) is 6.54 Å². The van der Waals surface area contributed by atoms with Crippen molar-refractivity contribution in [3.63, 3.8) is 0 Å². The second-order valence-electron chi connectivity index (χ2n) is 4.68. The first-order valence-electron chi connectivity index (χ1n) is 6.74. The Bertz CT molecular complexity index is 792. The number of aromatic hydroxyl groups is 1. The lowest BCUT2D eigenvalue weighted by molar-refractivity contribution is -0.117. The summed E-state index contributed by atoms with van der Waals surface area (Å²) in [5, 5.41) is 23.8. The number of nitroso groups, excluding NO2 is 1. The number of nitriles is 1. The highest BCUT2D eigenvalue weighted by Gasteiger charge is 2.10. The minimum absolute atomic E-state index is 0.108. The van der Waals surface area contributed by atoms with Crippen LogP contribution in [0.5, 0.6) is 5.75 Å². The molecule has 1 amide bonds. The van der Waals surface area contributed by atoms with Gasteiger partial charge in [0.1, 0.15) is 23.1 Å². The molecule has 0 bridgehead atoms. The Hall–Kier alpha value is -3.46. The predicted octanol–water partition coefficient (Wildman–Crippen LogP) is 3.01. The summed E-state index contributed by atoms with van der Waals surface area (Å²) in [5.74, 6) is -0.783. The first-order chi connectivity index (χ1) is 11.1. The third-order valence-corrected chi connectivity index (χ3v) is 3.07. The molecule has 0 aliphatic carbocycles. The van der Waals surface area contributed by atoms with Crippen LogP contribution >= 0.6 is 0 Å². The summed E-state index contributed by atoms with van der Waals surface area (Å²) in [7, 11) is 0. The van der Waals surface area contributed by atoms with Gasteiger partial charge in [0.25, 0.3) is 5.91 Å². The monoisotopic (exact) mass is 307 g/mol. The van der Waals surface area contributed by atoms with Crippen LogP contribution in [0.15, 0.2) is 59.3 Å². The van der Waals surface area contributed by atoms with Crippen molar-refractivity contribution >= 4 is 17.7 Å². The lowest BCUT2D eigenvalue weighted by Crippen LogP contribution is -2.23. The Labute approximate surface area is 132 Å². The number of hydrogen-bond donors (Lipinski definition) is 2. The lowest BCUT2D eigenvalue weighted by atomic mass is 10.1. The van der Waals surface area contributed by atoms with Gasteiger partial charge in [-0.05, 0) is 34.5 Å². The quantitative estimate of drug-likeness (QED) is 0.503. The second kappa shape index (κ2) is 7.52. The summed E-state index contributed by atoms with van der Waals surface area (Å²) in [6, 6.07) is 15.2. The zero-order chi connectivity index (χ0) is 16.7. The molecular formula is C17H13N3O3. The summed E-state index contributed by atoms with van der Waals surface area (Å²) in [5.41, 5.74) is 1.07. The lowest BCUT2D eigenvalue weighted by Gasteiger charge is -2.04. The number of benzene rings is 2. The molecule has 0 atom stereocenters. The van der Waals surface area contributed by atoms with Gasteiger partial charge in [-0.1, -0.05) is 36.4 Å². The largest absolute Gasteiger partial charge is 0.506 e. The maximum absolute atomic E-state index is 12.0. The van der Waals surface area contributed by atoms with Crippen LogP contribution in [0.1, 0.15) is 11.1 Å². The van der Waals surface area contributed by atoms with Crippen LogP contribution in [-0.2, 0) is 11.3 Å². The third-order valence-electron chi connectivity index (χ3n) is 3.07. The topological polar surface area (TPSA) is 103 Å². The highest BCUT2D eigenvalue weighted by Crippen LogP contribution is 2.27. The van der Waals surface area contributed by atoms with E-state index in [9.17, 15) is 14.8 Å². The number of phenols is 1. The van der Waals surface area contributed by atoms with Crippen molar-refractivity contribution < 1.29 is 9.90 Å². The fourth-order valence-electron chi connectivity index (χ4n) is 1.89. The number of amides is 1. The number of hydrogen-bond acceptors (Lipinski definition) is 5. The zero-order valence-electron chi connectivity index (χ0n) is 12.1. The molecule has 6 nitrogen and oxygen atoms in total. The first kappa shape index (κ1) is 15.9. The third kappa shape index (κ3) is 4.25. The van der Waals surface area contributed by atoms with Gasteiger partial charge in [0.05, 0.1) is 0 Å². The van der Waals surface area contributed by atoms with Gasteiger partial charge in [-0.3, -0.25) is 4.79 Å². The summed E-state index contributed by atoms with van der Waals surface area (Å²) in [6.45, 7) is 0.301. The molecule has 0 saturated carbocycles. The van der Waals surface area contributed by atoms with E-state index in [0.29, 0.717) is 12.1 Å². The molecule has 2 rings (SSSR count). The smallest absolute Gasteiger partial charge is 0.262 e. The Morgan fingerprint density at radius 1 is 1.26 bits per heavy atom. The summed E-state index contributed by atoms with van der Waals surface area (Å²) in [4.78, 5) is 22.6. The molecule has 0 unspecified atom stereocenters. The molecule has 0 aromatic heterocycles. The van der Waals surface area contributed by atoms with Crippen LogP contribution in [-0.4, -0.2) is 11.0 Å². The normalized spacial score (nSPS) is 10.7. The molecule has 0 spiro atoms. The molecule has 2 aromatic carbocycles. The molecule has 6 heteroatoms. The SMILES string of the molecule is N#CC(=Cc1ccc(O)c(N=O)c1)C(=O)NCc1ccccc1. The van der Waals surface area contributed by atoms with Crippen molar-refractivity contribution in [3.05, 3.63) is 70.1 Å². The van der Waals surface area contributed by atoms with Crippen molar-refractivity contribution in [1.82, 2.24) is 5.32 Å². The van der Waals surface area contributed by atoms with E-state index in [0.717, 1.165) is 5.56 Å². The van der Waals surface area contributed by atoms with E-state index < -0.39 is 5.91 Å². The summed E-state index contributed by atoms with van der Waals surface area (Å²) < 4.78 is 0. The van der Waals surface area contributed by atoms with E-state index in [-0.39, 0.29) is 17.0 Å². The number of nitrogens with zero attached hydrogens (tertiary/aromatic N) is 2. The van der Waals surface area contributed by atoms with E-state index in [4.69, 9.17) is 5.26 Å². The van der Waals surface area contributed by atoms with Crippen LogP contribution in [0.2, 0.25) is 0 Å². The molecule has 0 heterocycles. The fourth-order valence-corrected chi connectivity index (χ4v) is 1.89. The van der Waals surface area contributed by atoms with Crippen molar-refractivity contribution in [2.24, 2.45) is 5.18 Å². The van der Waals surface area contributed by atoms with Gasteiger partial charge < -0.3 is 10.4 Å². The highest BCUT2D eigenvalue weighted by atomic mass is 16.3. The van der Waals surface area contributed by atoms with Gasteiger partial charge in [0.15, 0.2) is 0 Å².